The van der Waals surface area contributed by atoms with Gasteiger partial charge in [0.25, 0.3) is 10.0 Å². The number of benzene rings is 3. The number of nitrogens with one attached hydrogen (secondary N) is 2. The molecule has 0 aliphatic carbocycles. The lowest BCUT2D eigenvalue weighted by atomic mass is 10.1. The predicted molar refractivity (Wildman–Crippen MR) is 129 cm³/mol. The van der Waals surface area contributed by atoms with Gasteiger partial charge in [0, 0.05) is 16.5 Å². The van der Waals surface area contributed by atoms with Crippen LogP contribution in [0.3, 0.4) is 0 Å². The number of thioether (sulfide) groups is 1. The monoisotopic (exact) mass is 474 g/mol. The highest BCUT2D eigenvalue weighted by Crippen LogP contribution is 2.24. The summed E-state index contributed by atoms with van der Waals surface area (Å²) in [5.41, 5.74) is 3.87. The maximum absolute atomic E-state index is 12.7. The number of aryl methyl sites for hydroxylation is 2. The van der Waals surface area contributed by atoms with Crippen molar-refractivity contribution >= 4 is 50.7 Å². The summed E-state index contributed by atoms with van der Waals surface area (Å²) >= 11 is 7.44. The molecule has 3 aromatic rings. The van der Waals surface area contributed by atoms with E-state index in [0.29, 0.717) is 22.2 Å². The quantitative estimate of drug-likeness (QED) is 0.443. The fraction of sp³-hybridized carbons (Fsp3) is 0.174. The number of para-hydroxylation sites is 1. The van der Waals surface area contributed by atoms with Crippen LogP contribution in [0.15, 0.2) is 71.6 Å². The number of anilines is 2. The summed E-state index contributed by atoms with van der Waals surface area (Å²) in [5, 5.41) is 3.46. The molecule has 0 aromatic heterocycles. The number of hydrogen-bond acceptors (Lipinski definition) is 4. The van der Waals surface area contributed by atoms with Gasteiger partial charge in [-0.05, 0) is 66.9 Å². The van der Waals surface area contributed by atoms with Gasteiger partial charge in [-0.1, -0.05) is 41.9 Å². The summed E-state index contributed by atoms with van der Waals surface area (Å²) in [5.74, 6) is 0.798. The van der Waals surface area contributed by atoms with Crippen molar-refractivity contribution in [2.75, 3.05) is 15.8 Å². The Bertz CT molecular complexity index is 1160. The van der Waals surface area contributed by atoms with E-state index in [2.05, 4.69) is 10.0 Å². The molecule has 162 valence electrons. The van der Waals surface area contributed by atoms with Crippen LogP contribution in [0.2, 0.25) is 5.02 Å². The zero-order valence-electron chi connectivity index (χ0n) is 17.2. The average molecular weight is 475 g/mol. The van der Waals surface area contributed by atoms with Gasteiger partial charge in [-0.3, -0.25) is 9.52 Å². The van der Waals surface area contributed by atoms with E-state index in [1.165, 1.54) is 23.9 Å². The van der Waals surface area contributed by atoms with Crippen molar-refractivity contribution in [1.29, 1.82) is 0 Å². The van der Waals surface area contributed by atoms with Crippen LogP contribution in [0.5, 0.6) is 0 Å². The summed E-state index contributed by atoms with van der Waals surface area (Å²) in [6, 6.07) is 19.2. The van der Waals surface area contributed by atoms with Crippen molar-refractivity contribution in [3.63, 3.8) is 0 Å². The molecule has 0 atom stereocenters. The summed E-state index contributed by atoms with van der Waals surface area (Å²) in [6.45, 7) is 3.71. The second kappa shape index (κ2) is 10.2. The van der Waals surface area contributed by atoms with Crippen LogP contribution in [-0.2, 0) is 20.6 Å². The smallest absolute Gasteiger partial charge is 0.261 e. The molecule has 31 heavy (non-hydrogen) atoms. The first-order chi connectivity index (χ1) is 14.7. The Morgan fingerprint density at radius 3 is 2.26 bits per heavy atom. The van der Waals surface area contributed by atoms with Gasteiger partial charge in [0.05, 0.1) is 16.3 Å². The van der Waals surface area contributed by atoms with Crippen molar-refractivity contribution in [2.24, 2.45) is 0 Å². The Morgan fingerprint density at radius 2 is 1.61 bits per heavy atom. The van der Waals surface area contributed by atoms with Crippen LogP contribution in [0.1, 0.15) is 16.7 Å². The number of halogens is 1. The molecule has 2 N–H and O–H groups in total. The molecule has 0 saturated heterocycles. The zero-order valence-corrected chi connectivity index (χ0v) is 19.6. The van der Waals surface area contributed by atoms with E-state index in [9.17, 15) is 13.2 Å². The van der Waals surface area contributed by atoms with E-state index < -0.39 is 10.0 Å². The molecule has 0 heterocycles. The maximum Gasteiger partial charge on any atom is 0.261 e. The van der Waals surface area contributed by atoms with Crippen LogP contribution in [0.4, 0.5) is 11.4 Å². The lowest BCUT2D eigenvalue weighted by Gasteiger charge is -2.13. The van der Waals surface area contributed by atoms with Gasteiger partial charge in [-0.2, -0.15) is 0 Å². The molecule has 3 aromatic carbocycles. The van der Waals surface area contributed by atoms with Crippen molar-refractivity contribution in [1.82, 2.24) is 0 Å². The molecule has 3 rings (SSSR count). The predicted octanol–water partition coefficient (Wildman–Crippen LogP) is 5.63. The van der Waals surface area contributed by atoms with E-state index in [4.69, 9.17) is 11.6 Å². The SMILES string of the molecule is Cc1cccc(C)c1NS(=O)(=O)c1ccc(NC(=O)CSCc2cccc(Cl)c2)cc1. The molecule has 0 radical (unpaired) electrons. The van der Waals surface area contributed by atoms with Crippen LogP contribution in [0.25, 0.3) is 0 Å². The van der Waals surface area contributed by atoms with Crippen molar-refractivity contribution in [3.05, 3.63) is 88.4 Å². The highest BCUT2D eigenvalue weighted by atomic mass is 35.5. The Labute approximate surface area is 192 Å². The minimum absolute atomic E-state index is 0.128. The molecular weight excluding hydrogens is 452 g/mol. The molecule has 0 fully saturated rings. The molecule has 8 heteroatoms. The van der Waals surface area contributed by atoms with E-state index >= 15 is 0 Å². The molecule has 0 aliphatic heterocycles. The fourth-order valence-corrected chi connectivity index (χ4v) is 5.16. The van der Waals surface area contributed by atoms with Gasteiger partial charge in [-0.15, -0.1) is 11.8 Å². The van der Waals surface area contributed by atoms with Crippen LogP contribution >= 0.6 is 23.4 Å². The lowest BCUT2D eigenvalue weighted by Crippen LogP contribution is -2.16. The van der Waals surface area contributed by atoms with Crippen LogP contribution in [-0.4, -0.2) is 20.1 Å². The maximum atomic E-state index is 12.7. The van der Waals surface area contributed by atoms with Crippen molar-refractivity contribution in [3.8, 4) is 0 Å². The third kappa shape index (κ3) is 6.50. The summed E-state index contributed by atoms with van der Waals surface area (Å²) in [4.78, 5) is 12.3. The summed E-state index contributed by atoms with van der Waals surface area (Å²) in [7, 11) is -3.73. The average Bonchev–Trinajstić information content (AvgIpc) is 2.71. The van der Waals surface area contributed by atoms with Gasteiger partial charge in [0.15, 0.2) is 0 Å². The molecule has 0 saturated carbocycles. The standard InChI is InChI=1S/C23H23ClN2O3S2/c1-16-5-3-6-17(2)23(16)26-31(28,29)21-11-9-20(10-12-21)25-22(27)15-30-14-18-7-4-8-19(24)13-18/h3-13,26H,14-15H2,1-2H3,(H,25,27). The van der Waals surface area contributed by atoms with Crippen molar-refractivity contribution < 1.29 is 13.2 Å². The number of sulfonamides is 1. The van der Waals surface area contributed by atoms with Crippen LogP contribution < -0.4 is 10.0 Å². The minimum Gasteiger partial charge on any atom is -0.325 e. The molecule has 0 spiro atoms. The second-order valence-corrected chi connectivity index (χ2v) is 10.2. The highest BCUT2D eigenvalue weighted by molar-refractivity contribution is 7.99. The number of carbonyl (C=O) groups is 1. The Hall–Kier alpha value is -2.48. The van der Waals surface area contributed by atoms with Gasteiger partial charge < -0.3 is 5.32 Å². The second-order valence-electron chi connectivity index (χ2n) is 7.07. The molecule has 0 unspecified atom stereocenters. The Morgan fingerprint density at radius 1 is 0.968 bits per heavy atom. The van der Waals surface area contributed by atoms with Gasteiger partial charge >= 0.3 is 0 Å². The number of amides is 1. The summed E-state index contributed by atoms with van der Waals surface area (Å²) in [6.07, 6.45) is 0. The largest absolute Gasteiger partial charge is 0.325 e. The summed E-state index contributed by atoms with van der Waals surface area (Å²) < 4.78 is 28.1. The van der Waals surface area contributed by atoms with Gasteiger partial charge in [0.1, 0.15) is 0 Å². The third-order valence-electron chi connectivity index (χ3n) is 4.56. The highest BCUT2D eigenvalue weighted by Gasteiger charge is 2.16. The molecule has 1 amide bonds. The normalized spacial score (nSPS) is 11.2. The number of hydrogen-bond donors (Lipinski definition) is 2. The first-order valence-electron chi connectivity index (χ1n) is 9.56. The third-order valence-corrected chi connectivity index (χ3v) is 7.16. The van der Waals surface area contributed by atoms with Crippen LogP contribution in [0, 0.1) is 13.8 Å². The first-order valence-corrected chi connectivity index (χ1v) is 12.6. The van der Waals surface area contributed by atoms with Gasteiger partial charge in [0.2, 0.25) is 5.91 Å². The Kier molecular flexibility index (Phi) is 7.64. The molecular formula is C23H23ClN2O3S2. The van der Waals surface area contributed by atoms with Crippen molar-refractivity contribution in [2.45, 2.75) is 24.5 Å². The topological polar surface area (TPSA) is 75.3 Å². The van der Waals surface area contributed by atoms with E-state index in [-0.39, 0.29) is 16.6 Å². The minimum atomic E-state index is -3.73. The molecule has 0 aliphatic rings. The molecule has 5 nitrogen and oxygen atoms in total. The number of carbonyl (C=O) groups excluding carboxylic acids is 1. The first kappa shape index (κ1) is 23.2. The zero-order chi connectivity index (χ0) is 22.4. The lowest BCUT2D eigenvalue weighted by molar-refractivity contribution is -0.113. The Balaban J connectivity index is 1.57. The van der Waals surface area contributed by atoms with E-state index in [0.717, 1.165) is 16.7 Å². The fourth-order valence-electron chi connectivity index (χ4n) is 2.97. The number of rotatable bonds is 8. The van der Waals surface area contributed by atoms with E-state index in [1.807, 2.05) is 56.3 Å². The molecule has 0 bridgehead atoms. The van der Waals surface area contributed by atoms with Gasteiger partial charge in [-0.25, -0.2) is 8.42 Å². The van der Waals surface area contributed by atoms with E-state index in [1.54, 1.807) is 12.1 Å².